The van der Waals surface area contributed by atoms with Crippen LogP contribution in [0.1, 0.15) is 152 Å². The molecule has 14 aromatic rings. The number of benzene rings is 10. The summed E-state index contributed by atoms with van der Waals surface area (Å²) in [7, 11) is 0. The number of rotatable bonds is 14. The number of nitrogens with zero attached hydrogens (tertiary/aromatic N) is 5. The summed E-state index contributed by atoms with van der Waals surface area (Å²) in [5.74, 6) is 3.58. The number of hydrogen-bond donors (Lipinski definition) is 0. The third-order valence-corrected chi connectivity index (χ3v) is 17.8. The van der Waals surface area contributed by atoms with E-state index >= 15 is 0 Å². The molecule has 4 heterocycles. The van der Waals surface area contributed by atoms with E-state index in [9.17, 15) is 0 Å². The molecule has 7 heteroatoms. The fourth-order valence-electron chi connectivity index (χ4n) is 13.2. The first-order valence-corrected chi connectivity index (χ1v) is 32.4. The van der Waals surface area contributed by atoms with Gasteiger partial charge in [0.2, 0.25) is 0 Å². The standard InChI is InChI=1S/C50H47N4O.C35H31N.Ir/c1-29(2)34-18-15-19-35(30(3)4)46(34)53-43-24-12-10-22-41(43)51-49(53)33-27-39-38-17-9-14-26-45(38)55-48(39)40(28-33)50-52-42-23-11-13-25-44(42)54(50)47-36(31(5)6)20-16-21-37(47)32(7)8;1-24(2)31-20-29(26-14-8-5-9-15-26)21-32(25(3)4)35(31)30-22-33(27-16-10-6-11-17-27)36-34(23-30)28-18-12-7-13-19-28;/h9-27,29-32H,1-8H3;5-16,18,20-25H,1-4H3;/q-1;-2;. The van der Waals surface area contributed by atoms with Gasteiger partial charge in [-0.3, -0.25) is 9.97 Å². The van der Waals surface area contributed by atoms with Gasteiger partial charge in [0.1, 0.15) is 5.58 Å². The van der Waals surface area contributed by atoms with E-state index < -0.39 is 0 Å². The molecule has 0 aliphatic carbocycles. The molecule has 0 atom stereocenters. The molecular formula is C85H78IrN5O-3. The van der Waals surface area contributed by atoms with Gasteiger partial charge >= 0.3 is 0 Å². The Hall–Kier alpha value is -9.26. The van der Waals surface area contributed by atoms with Crippen molar-refractivity contribution in [2.75, 3.05) is 0 Å². The quantitative estimate of drug-likeness (QED) is 0.0804. The first-order valence-electron chi connectivity index (χ1n) is 32.4. The minimum absolute atomic E-state index is 0. The van der Waals surface area contributed by atoms with Crippen molar-refractivity contribution >= 4 is 44.0 Å². The molecule has 0 spiro atoms. The Morgan fingerprint density at radius 1 is 0.446 bits per heavy atom. The van der Waals surface area contributed by atoms with Crippen LogP contribution in [0.2, 0.25) is 0 Å². The predicted molar refractivity (Wildman–Crippen MR) is 379 cm³/mol. The largest absolute Gasteiger partial charge is 0.491 e. The molecule has 461 valence electrons. The molecule has 14 rings (SSSR count). The van der Waals surface area contributed by atoms with Crippen LogP contribution < -0.4 is 9.55 Å². The second-order valence-electron chi connectivity index (χ2n) is 26.0. The van der Waals surface area contributed by atoms with Crippen LogP contribution in [0.4, 0.5) is 0 Å². The third-order valence-electron chi connectivity index (χ3n) is 17.8. The molecule has 0 fully saturated rings. The number of aromatic nitrogens is 5. The summed E-state index contributed by atoms with van der Waals surface area (Å²) >= 11 is 0. The van der Waals surface area contributed by atoms with E-state index in [1.165, 1.54) is 67.0 Å². The number of fused-ring (bicyclic) bond motifs is 5. The summed E-state index contributed by atoms with van der Waals surface area (Å²) in [5, 5.41) is 2.06. The molecule has 0 N–H and O–H groups in total. The summed E-state index contributed by atoms with van der Waals surface area (Å²) in [6, 6.07) is 87.7. The van der Waals surface area contributed by atoms with Gasteiger partial charge in [0.25, 0.3) is 0 Å². The van der Waals surface area contributed by atoms with Gasteiger partial charge in [-0.05, 0) is 144 Å². The van der Waals surface area contributed by atoms with Crippen LogP contribution in [0.3, 0.4) is 0 Å². The van der Waals surface area contributed by atoms with Crippen molar-refractivity contribution in [2.24, 2.45) is 0 Å². The molecule has 4 aromatic heterocycles. The third kappa shape index (κ3) is 11.9. The van der Waals surface area contributed by atoms with E-state index in [2.05, 4.69) is 286 Å². The van der Waals surface area contributed by atoms with Crippen molar-refractivity contribution in [2.45, 2.75) is 119 Å². The Morgan fingerprint density at radius 2 is 0.978 bits per heavy atom. The number of imidazole rings is 2. The maximum absolute atomic E-state index is 6.83. The van der Waals surface area contributed by atoms with Crippen LogP contribution in [0.15, 0.2) is 223 Å². The van der Waals surface area contributed by atoms with Crippen molar-refractivity contribution in [3.8, 4) is 78.9 Å². The van der Waals surface area contributed by atoms with Crippen molar-refractivity contribution in [1.82, 2.24) is 19.5 Å². The smallest absolute Gasteiger partial charge is 0.123 e. The molecule has 0 saturated carbocycles. The second kappa shape index (κ2) is 26.5. The number of para-hydroxylation sites is 7. The molecule has 0 unspecified atom stereocenters. The Bertz CT molecular complexity index is 4810. The predicted octanol–water partition coefficient (Wildman–Crippen LogP) is 22.5. The van der Waals surface area contributed by atoms with E-state index in [-0.39, 0.29) is 20.1 Å². The minimum Gasteiger partial charge on any atom is -0.491 e. The van der Waals surface area contributed by atoms with Crippen molar-refractivity contribution < 1.29 is 29.1 Å². The van der Waals surface area contributed by atoms with Gasteiger partial charge in [-0.2, -0.15) is 0 Å². The first kappa shape index (κ1) is 62.9. The number of hydrogen-bond acceptors (Lipinski definition) is 3. The molecular weight excluding hydrogens is 1300 g/mol. The van der Waals surface area contributed by atoms with E-state index in [4.69, 9.17) is 19.4 Å². The average molecular weight is 1380 g/mol. The average Bonchev–Trinajstić information content (AvgIpc) is 1.53. The van der Waals surface area contributed by atoms with Crippen molar-refractivity contribution in [3.63, 3.8) is 0 Å². The van der Waals surface area contributed by atoms with Crippen molar-refractivity contribution in [3.05, 3.63) is 270 Å². The molecule has 0 aliphatic rings. The summed E-state index contributed by atoms with van der Waals surface area (Å²) in [5.41, 5.74) is 26.4. The molecule has 0 aliphatic heterocycles. The summed E-state index contributed by atoms with van der Waals surface area (Å²) in [6.45, 7) is 27.4. The van der Waals surface area contributed by atoms with Gasteiger partial charge < -0.3 is 18.5 Å². The van der Waals surface area contributed by atoms with E-state index in [1.54, 1.807) is 0 Å². The Morgan fingerprint density at radius 3 is 1.57 bits per heavy atom. The van der Waals surface area contributed by atoms with Gasteiger partial charge in [-0.15, -0.1) is 83.9 Å². The molecule has 0 amide bonds. The summed E-state index contributed by atoms with van der Waals surface area (Å²) in [4.78, 5) is 15.9. The SMILES string of the molecule is CC(C)c1cc(-c2ccccc2)cc(C(C)C)c1-c1cc(-c2[c-]cccc2)nc(-c2[c-]cccc2)c1.CC(C)c1cccc(C(C)C)c1-n1c(-c2[c-]c(-c3[n-]c4ccccc4[n+]3-c3c(C(C)C)cccc3C(C)C)c3oc4ccccc4c3c2)nc2ccccc21.[Ir]. The maximum Gasteiger partial charge on any atom is 0.123 e. The van der Waals surface area contributed by atoms with Crippen LogP contribution in [0, 0.1) is 18.2 Å². The van der Waals surface area contributed by atoms with Gasteiger partial charge in [-0.25, -0.2) is 0 Å². The Kier molecular flexibility index (Phi) is 18.1. The van der Waals surface area contributed by atoms with Crippen LogP contribution in [-0.4, -0.2) is 14.5 Å². The van der Waals surface area contributed by atoms with Gasteiger partial charge in [0.05, 0.1) is 39.3 Å². The molecule has 6 nitrogen and oxygen atoms in total. The number of furan rings is 1. The molecule has 0 bridgehead atoms. The normalized spacial score (nSPS) is 11.8. The Labute approximate surface area is 556 Å². The van der Waals surface area contributed by atoms with Gasteiger partial charge in [0, 0.05) is 36.9 Å². The monoisotopic (exact) mass is 1380 g/mol. The van der Waals surface area contributed by atoms with E-state index in [0.717, 1.165) is 89.3 Å². The zero-order valence-corrected chi connectivity index (χ0v) is 57.1. The van der Waals surface area contributed by atoms with E-state index in [0.29, 0.717) is 35.5 Å². The molecule has 0 saturated heterocycles. The number of pyridine rings is 1. The zero-order valence-electron chi connectivity index (χ0n) is 54.7. The second-order valence-corrected chi connectivity index (χ2v) is 26.0. The van der Waals surface area contributed by atoms with Crippen LogP contribution in [0.25, 0.3) is 123 Å². The fraction of sp³-hybridized carbons (Fsp3) is 0.212. The molecule has 92 heavy (non-hydrogen) atoms. The Balaban J connectivity index is 0.000000191. The van der Waals surface area contributed by atoms with Gasteiger partial charge in [-0.1, -0.05) is 222 Å². The van der Waals surface area contributed by atoms with Crippen molar-refractivity contribution in [1.29, 1.82) is 0 Å². The molecule has 1 radical (unpaired) electrons. The fourth-order valence-corrected chi connectivity index (χ4v) is 13.2. The summed E-state index contributed by atoms with van der Waals surface area (Å²) in [6.07, 6.45) is 0. The van der Waals surface area contributed by atoms with Crippen LogP contribution in [-0.2, 0) is 20.1 Å². The van der Waals surface area contributed by atoms with Gasteiger partial charge in [0.15, 0.2) is 0 Å². The van der Waals surface area contributed by atoms with E-state index in [1.807, 2.05) is 42.5 Å². The minimum atomic E-state index is 0. The zero-order chi connectivity index (χ0) is 63.2. The summed E-state index contributed by atoms with van der Waals surface area (Å²) < 4.78 is 11.6. The first-order chi connectivity index (χ1) is 44.1. The van der Waals surface area contributed by atoms with Crippen LogP contribution in [0.5, 0.6) is 0 Å². The molecule has 10 aromatic carbocycles. The topological polar surface area (TPSA) is 61.8 Å². The van der Waals surface area contributed by atoms with Crippen LogP contribution >= 0.6 is 0 Å². The maximum atomic E-state index is 6.83.